The van der Waals surface area contributed by atoms with Gasteiger partial charge in [-0.15, -0.1) is 0 Å². The van der Waals surface area contributed by atoms with Crippen LogP contribution in [0.2, 0.25) is 0 Å². The zero-order valence-electron chi connectivity index (χ0n) is 6.24. The minimum atomic E-state index is -1.15. The van der Waals surface area contributed by atoms with Crippen LogP contribution in [0.5, 0.6) is 0 Å². The predicted molar refractivity (Wildman–Crippen MR) is 44.0 cm³/mol. The van der Waals surface area contributed by atoms with Crippen LogP contribution in [0.4, 0.5) is 4.79 Å². The molecule has 0 aliphatic heterocycles. The number of amides is 1. The van der Waals surface area contributed by atoms with E-state index in [1.54, 1.807) is 11.8 Å². The van der Waals surface area contributed by atoms with Gasteiger partial charge in [0.25, 0.3) is 0 Å². The standard InChI is InChI=1S/C6H11NO3S/c1-11-3-2-5(4-8)7-6(9)10/h4-5,7H,2-3H2,1H3,(H,9,10)/t5-/m1/s1. The van der Waals surface area contributed by atoms with E-state index in [4.69, 9.17) is 5.11 Å². The van der Waals surface area contributed by atoms with Crippen molar-refractivity contribution in [2.45, 2.75) is 12.5 Å². The monoisotopic (exact) mass is 177 g/mol. The molecule has 0 radical (unpaired) electrons. The van der Waals surface area contributed by atoms with Gasteiger partial charge in [0.1, 0.15) is 6.29 Å². The zero-order valence-corrected chi connectivity index (χ0v) is 7.06. The Balaban J connectivity index is 3.57. The van der Waals surface area contributed by atoms with Gasteiger partial charge < -0.3 is 15.2 Å². The summed E-state index contributed by atoms with van der Waals surface area (Å²) in [5.74, 6) is 0.781. The minimum Gasteiger partial charge on any atom is -0.465 e. The van der Waals surface area contributed by atoms with E-state index >= 15 is 0 Å². The first-order valence-electron chi connectivity index (χ1n) is 3.14. The second kappa shape index (κ2) is 6.03. The first-order valence-corrected chi connectivity index (χ1v) is 4.53. The van der Waals surface area contributed by atoms with Crippen LogP contribution in [-0.2, 0) is 4.79 Å². The molecule has 0 aromatic carbocycles. The van der Waals surface area contributed by atoms with Gasteiger partial charge in [0.2, 0.25) is 0 Å². The molecular formula is C6H11NO3S. The molecule has 0 spiro atoms. The number of hydrogen-bond acceptors (Lipinski definition) is 3. The van der Waals surface area contributed by atoms with Gasteiger partial charge in [-0.1, -0.05) is 0 Å². The molecule has 0 fully saturated rings. The summed E-state index contributed by atoms with van der Waals surface area (Å²) in [4.78, 5) is 20.3. The van der Waals surface area contributed by atoms with E-state index in [2.05, 4.69) is 5.32 Å². The maximum Gasteiger partial charge on any atom is 0.405 e. The molecular weight excluding hydrogens is 166 g/mol. The van der Waals surface area contributed by atoms with E-state index in [9.17, 15) is 9.59 Å². The predicted octanol–water partition coefficient (Wildman–Crippen LogP) is 0.575. The summed E-state index contributed by atoms with van der Waals surface area (Å²) in [7, 11) is 0. The highest BCUT2D eigenvalue weighted by atomic mass is 32.2. The SMILES string of the molecule is CSCC[C@H](C=O)NC(=O)O. The van der Waals surface area contributed by atoms with Gasteiger partial charge >= 0.3 is 6.09 Å². The molecule has 0 rings (SSSR count). The summed E-state index contributed by atoms with van der Waals surface area (Å²) in [6.07, 6.45) is 1.92. The van der Waals surface area contributed by atoms with Crippen LogP contribution in [0.15, 0.2) is 0 Å². The van der Waals surface area contributed by atoms with E-state index in [1.165, 1.54) is 0 Å². The lowest BCUT2D eigenvalue weighted by molar-refractivity contribution is -0.109. The molecule has 0 aromatic rings. The van der Waals surface area contributed by atoms with Crippen molar-refractivity contribution in [1.82, 2.24) is 5.32 Å². The summed E-state index contributed by atoms with van der Waals surface area (Å²) < 4.78 is 0. The van der Waals surface area contributed by atoms with Gasteiger partial charge in [0.15, 0.2) is 0 Å². The number of carbonyl (C=O) groups excluding carboxylic acids is 1. The van der Waals surface area contributed by atoms with E-state index in [0.717, 1.165) is 5.75 Å². The Labute approximate surface area is 69.4 Å². The summed E-state index contributed by atoms with van der Waals surface area (Å²) >= 11 is 1.58. The molecule has 0 aliphatic rings. The lowest BCUT2D eigenvalue weighted by atomic mass is 10.2. The summed E-state index contributed by atoms with van der Waals surface area (Å²) in [5, 5.41) is 10.3. The smallest absolute Gasteiger partial charge is 0.405 e. The van der Waals surface area contributed by atoms with Crippen LogP contribution in [0.3, 0.4) is 0 Å². The first kappa shape index (κ1) is 10.3. The third-order valence-corrected chi connectivity index (χ3v) is 1.75. The fourth-order valence-corrected chi connectivity index (χ4v) is 1.07. The molecule has 0 saturated carbocycles. The van der Waals surface area contributed by atoms with E-state index in [1.807, 2.05) is 6.26 Å². The maximum atomic E-state index is 10.2. The van der Waals surface area contributed by atoms with Crippen LogP contribution < -0.4 is 5.32 Å². The molecule has 11 heavy (non-hydrogen) atoms. The molecule has 0 aromatic heterocycles. The Kier molecular flexibility index (Phi) is 5.64. The van der Waals surface area contributed by atoms with Gasteiger partial charge in [-0.05, 0) is 18.4 Å². The zero-order chi connectivity index (χ0) is 8.69. The van der Waals surface area contributed by atoms with Crippen molar-refractivity contribution >= 4 is 24.1 Å². The third kappa shape index (κ3) is 5.72. The quantitative estimate of drug-likeness (QED) is 0.603. The van der Waals surface area contributed by atoms with Crippen molar-refractivity contribution in [1.29, 1.82) is 0 Å². The topological polar surface area (TPSA) is 66.4 Å². The second-order valence-electron chi connectivity index (χ2n) is 1.97. The van der Waals surface area contributed by atoms with E-state index in [-0.39, 0.29) is 0 Å². The van der Waals surface area contributed by atoms with Crippen molar-refractivity contribution in [3.8, 4) is 0 Å². The molecule has 0 aliphatic carbocycles. The van der Waals surface area contributed by atoms with Crippen molar-refractivity contribution in [2.24, 2.45) is 0 Å². The van der Waals surface area contributed by atoms with Gasteiger partial charge in [-0.2, -0.15) is 11.8 Å². The van der Waals surface area contributed by atoms with Gasteiger partial charge in [0.05, 0.1) is 6.04 Å². The van der Waals surface area contributed by atoms with Crippen LogP contribution in [0, 0.1) is 0 Å². The fraction of sp³-hybridized carbons (Fsp3) is 0.667. The van der Waals surface area contributed by atoms with Crippen molar-refractivity contribution in [3.05, 3.63) is 0 Å². The summed E-state index contributed by atoms with van der Waals surface area (Å²) in [6, 6.07) is -0.556. The Morgan fingerprint density at radius 2 is 2.45 bits per heavy atom. The largest absolute Gasteiger partial charge is 0.465 e. The van der Waals surface area contributed by atoms with Crippen molar-refractivity contribution in [3.63, 3.8) is 0 Å². The van der Waals surface area contributed by atoms with E-state index in [0.29, 0.717) is 12.7 Å². The first-order chi connectivity index (χ1) is 5.20. The highest BCUT2D eigenvalue weighted by Crippen LogP contribution is 1.98. The number of hydrogen-bond donors (Lipinski definition) is 2. The Bertz CT molecular complexity index is 140. The molecule has 0 unspecified atom stereocenters. The number of thioether (sulfide) groups is 1. The van der Waals surface area contributed by atoms with Crippen molar-refractivity contribution < 1.29 is 14.7 Å². The van der Waals surface area contributed by atoms with E-state index < -0.39 is 12.1 Å². The number of carboxylic acid groups (broad SMARTS) is 1. The third-order valence-electron chi connectivity index (χ3n) is 1.11. The lowest BCUT2D eigenvalue weighted by Crippen LogP contribution is -2.35. The average molecular weight is 177 g/mol. The number of carbonyl (C=O) groups is 2. The normalized spacial score (nSPS) is 12.1. The van der Waals surface area contributed by atoms with Crippen molar-refractivity contribution in [2.75, 3.05) is 12.0 Å². The molecule has 5 heteroatoms. The van der Waals surface area contributed by atoms with Crippen LogP contribution in [0.25, 0.3) is 0 Å². The summed E-state index contributed by atoms with van der Waals surface area (Å²) in [6.45, 7) is 0. The second-order valence-corrected chi connectivity index (χ2v) is 2.96. The maximum absolute atomic E-state index is 10.2. The van der Waals surface area contributed by atoms with Crippen LogP contribution in [0.1, 0.15) is 6.42 Å². The number of aldehydes is 1. The highest BCUT2D eigenvalue weighted by molar-refractivity contribution is 7.98. The van der Waals surface area contributed by atoms with Gasteiger partial charge in [-0.25, -0.2) is 4.79 Å². The Morgan fingerprint density at radius 3 is 2.82 bits per heavy atom. The molecule has 0 heterocycles. The Hall–Kier alpha value is -0.710. The minimum absolute atomic E-state index is 0.553. The molecule has 0 bridgehead atoms. The Morgan fingerprint density at radius 1 is 1.82 bits per heavy atom. The molecule has 1 atom stereocenters. The number of rotatable bonds is 5. The fourth-order valence-electron chi connectivity index (χ4n) is 0.578. The molecule has 1 amide bonds. The number of nitrogens with one attached hydrogen (secondary N) is 1. The van der Waals surface area contributed by atoms with Crippen LogP contribution in [-0.4, -0.2) is 35.5 Å². The molecule has 64 valence electrons. The molecule has 4 nitrogen and oxygen atoms in total. The van der Waals surface area contributed by atoms with Crippen LogP contribution >= 0.6 is 11.8 Å². The summed E-state index contributed by atoms with van der Waals surface area (Å²) in [5.41, 5.74) is 0. The average Bonchev–Trinajstić information content (AvgIpc) is 1.97. The molecule has 2 N–H and O–H groups in total. The van der Waals surface area contributed by atoms with Gasteiger partial charge in [0, 0.05) is 0 Å². The molecule has 0 saturated heterocycles. The van der Waals surface area contributed by atoms with Gasteiger partial charge in [-0.3, -0.25) is 0 Å². The lowest BCUT2D eigenvalue weighted by Gasteiger charge is -2.07. The highest BCUT2D eigenvalue weighted by Gasteiger charge is 2.08.